The molecule has 1 unspecified atom stereocenters. The van der Waals surface area contributed by atoms with E-state index < -0.39 is 12.1 Å². The Morgan fingerprint density at radius 3 is 1.00 bits per heavy atom. The van der Waals surface area contributed by atoms with Gasteiger partial charge in [0.15, 0.2) is 6.10 Å². The molecule has 1 atom stereocenters. The third-order valence-electron chi connectivity index (χ3n) is 9.81. The van der Waals surface area contributed by atoms with E-state index in [1.54, 1.807) is 6.08 Å². The lowest BCUT2D eigenvalue weighted by atomic mass is 10.1. The zero-order valence-electron chi connectivity index (χ0n) is 41.6. The van der Waals surface area contributed by atoms with Gasteiger partial charge in [0.1, 0.15) is 13.2 Å². The van der Waals surface area contributed by atoms with Crippen LogP contribution < -0.4 is 0 Å². The summed E-state index contributed by atoms with van der Waals surface area (Å²) in [5.74, 6) is -1.14. The molecule has 0 fully saturated rings. The molecule has 6 nitrogen and oxygen atoms in total. The van der Waals surface area contributed by atoms with Crippen molar-refractivity contribution in [2.75, 3.05) is 13.2 Å². The lowest BCUT2D eigenvalue weighted by Crippen LogP contribution is -2.30. The average Bonchev–Trinajstić information content (AvgIpc) is 3.31. The number of unbranched alkanes of at least 4 members (excludes halogenated alkanes) is 7. The Hall–Kier alpha value is -4.97. The number of hydrogen-bond donors (Lipinski definition) is 0. The second-order valence-corrected chi connectivity index (χ2v) is 16.0. The highest BCUT2D eigenvalue weighted by Gasteiger charge is 2.19. The highest BCUT2D eigenvalue weighted by molar-refractivity contribution is 5.72. The first-order valence-corrected chi connectivity index (χ1v) is 25.5. The summed E-state index contributed by atoms with van der Waals surface area (Å²) >= 11 is 0. The molecule has 0 amide bonds. The average molecular weight is 907 g/mol. The van der Waals surface area contributed by atoms with Gasteiger partial charge in [0, 0.05) is 12.8 Å². The number of rotatable bonds is 43. The van der Waals surface area contributed by atoms with Crippen LogP contribution in [-0.4, -0.2) is 37.2 Å². The Morgan fingerprint density at radius 1 is 0.333 bits per heavy atom. The molecule has 0 bridgehead atoms. The van der Waals surface area contributed by atoms with E-state index >= 15 is 0 Å². The summed E-state index contributed by atoms with van der Waals surface area (Å²) in [6.07, 6.45) is 77.1. The van der Waals surface area contributed by atoms with Gasteiger partial charge in [-0.3, -0.25) is 14.4 Å². The molecule has 0 radical (unpaired) electrons. The number of esters is 3. The molecule has 0 N–H and O–H groups in total. The second kappa shape index (κ2) is 52.7. The lowest BCUT2D eigenvalue weighted by Gasteiger charge is -2.18. The van der Waals surface area contributed by atoms with E-state index in [1.807, 2.05) is 6.08 Å². The van der Waals surface area contributed by atoms with Crippen molar-refractivity contribution >= 4 is 17.9 Å². The van der Waals surface area contributed by atoms with Crippen molar-refractivity contribution in [2.24, 2.45) is 0 Å². The molecule has 0 aliphatic rings. The third-order valence-corrected chi connectivity index (χ3v) is 9.81. The van der Waals surface area contributed by atoms with E-state index in [-0.39, 0.29) is 38.0 Å². The van der Waals surface area contributed by atoms with E-state index in [4.69, 9.17) is 14.2 Å². The quantitative estimate of drug-likeness (QED) is 0.0262. The molecule has 6 heteroatoms. The van der Waals surface area contributed by atoms with Crippen molar-refractivity contribution in [2.45, 2.75) is 187 Å². The molecular formula is C60H90O6. The molecule has 0 spiro atoms. The Bertz CT molecular complexity index is 1560. The van der Waals surface area contributed by atoms with Gasteiger partial charge in [-0.25, -0.2) is 0 Å². The van der Waals surface area contributed by atoms with E-state index in [2.05, 4.69) is 167 Å². The molecular weight excluding hydrogens is 817 g/mol. The van der Waals surface area contributed by atoms with E-state index in [1.165, 1.54) is 19.3 Å². The Kier molecular flexibility index (Phi) is 48.7. The van der Waals surface area contributed by atoms with Gasteiger partial charge in [-0.15, -0.1) is 0 Å². The van der Waals surface area contributed by atoms with E-state index in [9.17, 15) is 14.4 Å². The number of carbonyl (C=O) groups excluding carboxylic acids is 3. The molecule has 366 valence electrons. The highest BCUT2D eigenvalue weighted by Crippen LogP contribution is 2.10. The molecule has 0 saturated heterocycles. The van der Waals surface area contributed by atoms with Crippen LogP contribution in [0.1, 0.15) is 181 Å². The Morgan fingerprint density at radius 2 is 0.636 bits per heavy atom. The summed E-state index contributed by atoms with van der Waals surface area (Å²) in [7, 11) is 0. The van der Waals surface area contributed by atoms with Gasteiger partial charge in [0.05, 0.1) is 6.42 Å². The van der Waals surface area contributed by atoms with Crippen LogP contribution in [0.15, 0.2) is 158 Å². The fourth-order valence-electron chi connectivity index (χ4n) is 6.06. The monoisotopic (exact) mass is 907 g/mol. The first-order valence-electron chi connectivity index (χ1n) is 25.5. The molecule has 0 aliphatic heterocycles. The van der Waals surface area contributed by atoms with Crippen LogP contribution in [-0.2, 0) is 28.6 Å². The van der Waals surface area contributed by atoms with Crippen LogP contribution in [0.3, 0.4) is 0 Å². The minimum absolute atomic E-state index is 0.0798. The van der Waals surface area contributed by atoms with Gasteiger partial charge < -0.3 is 14.2 Å². The summed E-state index contributed by atoms with van der Waals surface area (Å²) in [5, 5.41) is 0. The van der Waals surface area contributed by atoms with Crippen molar-refractivity contribution < 1.29 is 28.6 Å². The van der Waals surface area contributed by atoms with Crippen molar-refractivity contribution in [3.8, 4) is 0 Å². The van der Waals surface area contributed by atoms with Crippen LogP contribution in [0.25, 0.3) is 0 Å². The molecule has 0 saturated carbocycles. The number of allylic oxidation sites excluding steroid dienone is 25. The van der Waals surface area contributed by atoms with E-state index in [0.717, 1.165) is 109 Å². The smallest absolute Gasteiger partial charge is 0.310 e. The molecule has 0 aromatic heterocycles. The van der Waals surface area contributed by atoms with Crippen molar-refractivity contribution in [3.63, 3.8) is 0 Å². The molecule has 0 aromatic carbocycles. The van der Waals surface area contributed by atoms with Crippen molar-refractivity contribution in [1.82, 2.24) is 0 Å². The minimum Gasteiger partial charge on any atom is -0.462 e. The molecule has 66 heavy (non-hydrogen) atoms. The third kappa shape index (κ3) is 50.0. The van der Waals surface area contributed by atoms with Gasteiger partial charge in [0.25, 0.3) is 0 Å². The van der Waals surface area contributed by atoms with Crippen LogP contribution in [0, 0.1) is 0 Å². The zero-order valence-corrected chi connectivity index (χ0v) is 41.6. The van der Waals surface area contributed by atoms with Gasteiger partial charge in [-0.05, 0) is 109 Å². The topological polar surface area (TPSA) is 78.9 Å². The highest BCUT2D eigenvalue weighted by atomic mass is 16.6. The Balaban J connectivity index is 4.40. The first-order chi connectivity index (χ1) is 32.5. The Labute approximate surface area is 403 Å². The minimum atomic E-state index is -0.854. The van der Waals surface area contributed by atoms with E-state index in [0.29, 0.717) is 19.3 Å². The maximum absolute atomic E-state index is 12.7. The zero-order chi connectivity index (χ0) is 47.9. The predicted octanol–water partition coefficient (Wildman–Crippen LogP) is 17.0. The maximum Gasteiger partial charge on any atom is 0.310 e. The fraction of sp³-hybridized carbons (Fsp3) is 0.517. The van der Waals surface area contributed by atoms with Gasteiger partial charge in [0.2, 0.25) is 0 Å². The molecule has 0 rings (SSSR count). The lowest BCUT2D eigenvalue weighted by molar-refractivity contribution is -0.166. The summed E-state index contributed by atoms with van der Waals surface area (Å²) in [6, 6.07) is 0. The first kappa shape index (κ1) is 61.0. The van der Waals surface area contributed by atoms with Gasteiger partial charge in [-0.2, -0.15) is 0 Å². The largest absolute Gasteiger partial charge is 0.462 e. The van der Waals surface area contributed by atoms with Crippen LogP contribution in [0.2, 0.25) is 0 Å². The SMILES string of the molecule is CC/C=C\C/C=C\C/C=C\C/C=C\C/C=C\C/C=C\C/C=C\C/C=C\CCCCC(=O)OCC(COC(=O)CCCCCCCC)OC(=O)C/C=C\C/C=C\C/C=C\C/C=C\C/C=C\CC. The van der Waals surface area contributed by atoms with Gasteiger partial charge in [-0.1, -0.05) is 211 Å². The van der Waals surface area contributed by atoms with Crippen molar-refractivity contribution in [1.29, 1.82) is 0 Å². The fourth-order valence-corrected chi connectivity index (χ4v) is 6.06. The van der Waals surface area contributed by atoms with Crippen LogP contribution in [0.5, 0.6) is 0 Å². The number of ether oxygens (including phenoxy) is 3. The second-order valence-electron chi connectivity index (χ2n) is 16.0. The molecule has 0 aromatic rings. The van der Waals surface area contributed by atoms with Crippen LogP contribution >= 0.6 is 0 Å². The van der Waals surface area contributed by atoms with Gasteiger partial charge >= 0.3 is 17.9 Å². The van der Waals surface area contributed by atoms with Crippen molar-refractivity contribution in [3.05, 3.63) is 158 Å². The predicted molar refractivity (Wildman–Crippen MR) is 283 cm³/mol. The normalized spacial score (nSPS) is 13.4. The molecule has 0 heterocycles. The summed E-state index contributed by atoms with van der Waals surface area (Å²) in [4.78, 5) is 37.6. The maximum atomic E-state index is 12.7. The summed E-state index contributed by atoms with van der Waals surface area (Å²) in [5.41, 5.74) is 0. The molecule has 0 aliphatic carbocycles. The summed E-state index contributed by atoms with van der Waals surface area (Å²) in [6.45, 7) is 6.18. The number of hydrogen-bond acceptors (Lipinski definition) is 6. The van der Waals surface area contributed by atoms with Crippen LogP contribution in [0.4, 0.5) is 0 Å². The number of carbonyl (C=O) groups is 3. The standard InChI is InChI=1S/C60H90O6/c1-4-7-10-13-16-18-20-22-24-25-26-27-28-29-30-31-32-33-34-35-37-38-40-42-44-47-50-53-59(62)65-56-57(55-64-58(61)52-49-46-15-12-9-6-3)66-60(63)54-51-48-45-43-41-39-36-23-21-19-17-14-11-8-5-2/h7-8,10-11,16-19,22-24,26-27,29-30,32-33,35-37,40-43,48,51,57H,4-6,9,12-15,20-21,25,28,31,34,38-39,44-47,49-50,52-56H2,1-3H3/b10-7-,11-8-,18-16-,19-17-,24-22-,27-26-,30-29-,33-32-,36-23-,37-35-,42-40-,43-41-,51-48-. The summed E-state index contributed by atoms with van der Waals surface area (Å²) < 4.78 is 16.5.